The average Bonchev–Trinajstić information content (AvgIpc) is 2.57. The van der Waals surface area contributed by atoms with E-state index in [1.165, 1.54) is 0 Å². The van der Waals surface area contributed by atoms with Crippen LogP contribution in [0.5, 0.6) is 0 Å². The molecule has 2 N–H and O–H groups in total. The minimum absolute atomic E-state index is 0.122. The maximum absolute atomic E-state index is 12.3. The van der Waals surface area contributed by atoms with Crippen LogP contribution in [-0.4, -0.2) is 18.6 Å². The summed E-state index contributed by atoms with van der Waals surface area (Å²) < 4.78 is 4.93. The first kappa shape index (κ1) is 17.5. The number of hydrogen-bond acceptors (Lipinski definition) is 3. The molecule has 0 saturated carbocycles. The quantitative estimate of drug-likeness (QED) is 0.848. The van der Waals surface area contributed by atoms with E-state index in [1.807, 2.05) is 61.5 Å². The Morgan fingerprint density at radius 1 is 1.04 bits per heavy atom. The van der Waals surface area contributed by atoms with Gasteiger partial charge in [-0.2, -0.15) is 0 Å². The van der Waals surface area contributed by atoms with E-state index < -0.39 is 12.1 Å². The zero-order valence-electron chi connectivity index (χ0n) is 13.9. The van der Waals surface area contributed by atoms with E-state index >= 15 is 0 Å². The second-order valence-electron chi connectivity index (χ2n) is 5.45. The molecule has 5 heteroatoms. The highest BCUT2D eigenvalue weighted by Gasteiger charge is 2.19. The third kappa shape index (κ3) is 5.43. The predicted octanol–water partition coefficient (Wildman–Crippen LogP) is 3.81. The molecule has 0 aromatic heterocycles. The van der Waals surface area contributed by atoms with Crippen LogP contribution in [0, 0.1) is 6.92 Å². The van der Waals surface area contributed by atoms with Crippen molar-refractivity contribution in [3.8, 4) is 0 Å². The van der Waals surface area contributed by atoms with Gasteiger partial charge in [-0.15, -0.1) is 0 Å². The molecule has 0 aliphatic carbocycles. The lowest BCUT2D eigenvalue weighted by molar-refractivity contribution is -0.116. The number of amides is 2. The molecular formula is C19H22N2O3. The van der Waals surface area contributed by atoms with E-state index in [-0.39, 0.29) is 18.9 Å². The summed E-state index contributed by atoms with van der Waals surface area (Å²) >= 11 is 0. The molecule has 5 nitrogen and oxygen atoms in total. The normalized spacial score (nSPS) is 11.4. The fourth-order valence-electron chi connectivity index (χ4n) is 2.29. The van der Waals surface area contributed by atoms with Gasteiger partial charge in [0.1, 0.15) is 0 Å². The number of hydrogen-bond donors (Lipinski definition) is 2. The number of ether oxygens (including phenoxy) is 1. The molecule has 0 fully saturated rings. The topological polar surface area (TPSA) is 67.4 Å². The minimum Gasteiger partial charge on any atom is -0.450 e. The first-order valence-electron chi connectivity index (χ1n) is 7.93. The highest BCUT2D eigenvalue weighted by molar-refractivity contribution is 5.91. The van der Waals surface area contributed by atoms with E-state index in [4.69, 9.17) is 4.74 Å². The summed E-state index contributed by atoms with van der Waals surface area (Å²) in [5.41, 5.74) is 2.71. The second-order valence-corrected chi connectivity index (χ2v) is 5.45. The SMILES string of the molecule is CCOC(=O)N[C@H](CC(=O)Nc1ccc(C)cc1)c1ccccc1. The summed E-state index contributed by atoms with van der Waals surface area (Å²) in [7, 11) is 0. The molecule has 0 heterocycles. The van der Waals surface area contributed by atoms with Crippen LogP contribution in [0.3, 0.4) is 0 Å². The van der Waals surface area contributed by atoms with E-state index in [9.17, 15) is 9.59 Å². The van der Waals surface area contributed by atoms with Crippen LogP contribution in [0.1, 0.15) is 30.5 Å². The molecule has 2 aromatic carbocycles. The smallest absolute Gasteiger partial charge is 0.407 e. The van der Waals surface area contributed by atoms with E-state index in [0.29, 0.717) is 0 Å². The Kier molecular flexibility index (Phi) is 6.37. The lowest BCUT2D eigenvalue weighted by Crippen LogP contribution is -2.32. The van der Waals surface area contributed by atoms with Crippen LogP contribution < -0.4 is 10.6 Å². The molecule has 0 spiro atoms. The van der Waals surface area contributed by atoms with Gasteiger partial charge in [-0.05, 0) is 31.5 Å². The van der Waals surface area contributed by atoms with Crippen molar-refractivity contribution in [3.05, 3.63) is 65.7 Å². The summed E-state index contributed by atoms with van der Waals surface area (Å²) in [6, 6.07) is 16.5. The maximum atomic E-state index is 12.3. The number of aryl methyl sites for hydroxylation is 1. The summed E-state index contributed by atoms with van der Waals surface area (Å²) in [6.07, 6.45) is -0.411. The van der Waals surface area contributed by atoms with Crippen LogP contribution in [0.2, 0.25) is 0 Å². The molecule has 0 saturated heterocycles. The van der Waals surface area contributed by atoms with Crippen LogP contribution in [0.4, 0.5) is 10.5 Å². The van der Waals surface area contributed by atoms with Crippen molar-refractivity contribution < 1.29 is 14.3 Å². The lowest BCUT2D eigenvalue weighted by Gasteiger charge is -2.18. The van der Waals surface area contributed by atoms with Gasteiger partial charge in [0.25, 0.3) is 0 Å². The summed E-state index contributed by atoms with van der Waals surface area (Å²) in [5, 5.41) is 5.58. The first-order valence-corrected chi connectivity index (χ1v) is 7.93. The van der Waals surface area contributed by atoms with Crippen molar-refractivity contribution in [1.29, 1.82) is 0 Å². The number of carbonyl (C=O) groups is 2. The molecule has 24 heavy (non-hydrogen) atoms. The third-order valence-corrected chi connectivity index (χ3v) is 3.49. The molecule has 2 rings (SSSR count). The second kappa shape index (κ2) is 8.72. The number of nitrogens with one attached hydrogen (secondary N) is 2. The van der Waals surface area contributed by atoms with Crippen molar-refractivity contribution in [3.63, 3.8) is 0 Å². The molecule has 2 aromatic rings. The fraction of sp³-hybridized carbons (Fsp3) is 0.263. The Bertz CT molecular complexity index is 669. The number of benzene rings is 2. The predicted molar refractivity (Wildman–Crippen MR) is 93.8 cm³/mol. The number of carbonyl (C=O) groups excluding carboxylic acids is 2. The van der Waals surface area contributed by atoms with Crippen molar-refractivity contribution in [2.45, 2.75) is 26.3 Å². The monoisotopic (exact) mass is 326 g/mol. The standard InChI is InChI=1S/C19H22N2O3/c1-3-24-19(23)21-17(15-7-5-4-6-8-15)13-18(22)20-16-11-9-14(2)10-12-16/h4-12,17H,3,13H2,1-2H3,(H,20,22)(H,21,23)/t17-/m1/s1. The van der Waals surface area contributed by atoms with E-state index in [0.717, 1.165) is 16.8 Å². The van der Waals surface area contributed by atoms with Gasteiger partial charge >= 0.3 is 6.09 Å². The van der Waals surface area contributed by atoms with Gasteiger partial charge in [0.05, 0.1) is 19.1 Å². The van der Waals surface area contributed by atoms with Crippen molar-refractivity contribution >= 4 is 17.7 Å². The van der Waals surface area contributed by atoms with Gasteiger partial charge in [-0.3, -0.25) is 4.79 Å². The molecule has 0 radical (unpaired) electrons. The van der Waals surface area contributed by atoms with Crippen LogP contribution in [0.25, 0.3) is 0 Å². The molecular weight excluding hydrogens is 304 g/mol. The molecule has 0 bridgehead atoms. The highest BCUT2D eigenvalue weighted by Crippen LogP contribution is 2.18. The summed E-state index contributed by atoms with van der Waals surface area (Å²) in [6.45, 7) is 4.00. The van der Waals surface area contributed by atoms with Gasteiger partial charge in [0, 0.05) is 5.69 Å². The minimum atomic E-state index is -0.533. The van der Waals surface area contributed by atoms with E-state index in [1.54, 1.807) is 6.92 Å². The fourth-order valence-corrected chi connectivity index (χ4v) is 2.29. The van der Waals surface area contributed by atoms with Crippen molar-refractivity contribution in [2.75, 3.05) is 11.9 Å². The molecule has 0 unspecified atom stereocenters. The highest BCUT2D eigenvalue weighted by atomic mass is 16.5. The number of alkyl carbamates (subject to hydrolysis) is 1. The first-order chi connectivity index (χ1) is 11.6. The van der Waals surface area contributed by atoms with Gasteiger partial charge < -0.3 is 15.4 Å². The summed E-state index contributed by atoms with van der Waals surface area (Å²) in [5.74, 6) is -0.176. The zero-order valence-corrected chi connectivity index (χ0v) is 13.9. The number of anilines is 1. The van der Waals surface area contributed by atoms with Crippen LogP contribution >= 0.6 is 0 Å². The number of rotatable bonds is 6. The average molecular weight is 326 g/mol. The maximum Gasteiger partial charge on any atom is 0.407 e. The Morgan fingerprint density at radius 3 is 2.33 bits per heavy atom. The van der Waals surface area contributed by atoms with Crippen LogP contribution in [0.15, 0.2) is 54.6 Å². The zero-order chi connectivity index (χ0) is 17.4. The van der Waals surface area contributed by atoms with Gasteiger partial charge in [0.2, 0.25) is 5.91 Å². The van der Waals surface area contributed by atoms with Crippen molar-refractivity contribution in [2.24, 2.45) is 0 Å². The molecule has 2 amide bonds. The third-order valence-electron chi connectivity index (χ3n) is 3.49. The van der Waals surface area contributed by atoms with Crippen molar-refractivity contribution in [1.82, 2.24) is 5.32 Å². The Balaban J connectivity index is 2.05. The van der Waals surface area contributed by atoms with Gasteiger partial charge in [-0.1, -0.05) is 48.0 Å². The molecule has 126 valence electrons. The summed E-state index contributed by atoms with van der Waals surface area (Å²) in [4.78, 5) is 24.1. The van der Waals surface area contributed by atoms with E-state index in [2.05, 4.69) is 10.6 Å². The van der Waals surface area contributed by atoms with Crippen LogP contribution in [-0.2, 0) is 9.53 Å². The Morgan fingerprint density at radius 2 is 1.71 bits per heavy atom. The lowest BCUT2D eigenvalue weighted by atomic mass is 10.0. The molecule has 0 aliphatic rings. The Labute approximate surface area is 142 Å². The molecule has 0 aliphatic heterocycles. The van der Waals surface area contributed by atoms with Gasteiger partial charge in [-0.25, -0.2) is 4.79 Å². The largest absolute Gasteiger partial charge is 0.450 e. The molecule has 1 atom stereocenters. The Hall–Kier alpha value is -2.82. The van der Waals surface area contributed by atoms with Gasteiger partial charge in [0.15, 0.2) is 0 Å².